The normalized spacial score (nSPS) is 11.8. The molecule has 2 aromatic heterocycles. The first-order valence-electron chi connectivity index (χ1n) is 10.3. The van der Waals surface area contributed by atoms with Gasteiger partial charge in [-0.1, -0.05) is 13.8 Å². The SMILES string of the molecule is CC(C)(CCC(=O)Oc1ccc2nc(S)sc2c1)CCC(=O)Oc1ccc2nc(S)sc2c1. The monoisotopic (exact) mass is 518 g/mol. The third-order valence-corrected chi connectivity index (χ3v) is 7.56. The lowest BCUT2D eigenvalue weighted by molar-refractivity contribution is -0.135. The Morgan fingerprint density at radius 1 is 0.818 bits per heavy atom. The summed E-state index contributed by atoms with van der Waals surface area (Å²) >= 11 is 11.4. The van der Waals surface area contributed by atoms with Gasteiger partial charge >= 0.3 is 11.9 Å². The Labute approximate surface area is 210 Å². The van der Waals surface area contributed by atoms with Crippen LogP contribution in [-0.2, 0) is 9.59 Å². The van der Waals surface area contributed by atoms with Gasteiger partial charge in [0.25, 0.3) is 0 Å². The van der Waals surface area contributed by atoms with Crippen molar-refractivity contribution in [2.75, 3.05) is 0 Å². The van der Waals surface area contributed by atoms with Crippen molar-refractivity contribution in [3.05, 3.63) is 36.4 Å². The molecule has 0 N–H and O–H groups in total. The highest BCUT2D eigenvalue weighted by Gasteiger charge is 2.22. The van der Waals surface area contributed by atoms with Crippen molar-refractivity contribution in [2.45, 2.75) is 48.2 Å². The molecular weight excluding hydrogens is 497 g/mol. The summed E-state index contributed by atoms with van der Waals surface area (Å²) in [4.78, 5) is 33.2. The van der Waals surface area contributed by atoms with Crippen LogP contribution in [0.4, 0.5) is 0 Å². The van der Waals surface area contributed by atoms with Gasteiger partial charge in [0.2, 0.25) is 0 Å². The fourth-order valence-electron chi connectivity index (χ4n) is 3.28. The fourth-order valence-corrected chi connectivity index (χ4v) is 5.56. The van der Waals surface area contributed by atoms with Crippen LogP contribution in [0.3, 0.4) is 0 Å². The molecule has 172 valence electrons. The maximum Gasteiger partial charge on any atom is 0.311 e. The summed E-state index contributed by atoms with van der Waals surface area (Å²) < 4.78 is 14.1. The average molecular weight is 519 g/mol. The first-order chi connectivity index (χ1) is 15.7. The highest BCUT2D eigenvalue weighted by atomic mass is 32.2. The van der Waals surface area contributed by atoms with Crippen molar-refractivity contribution in [3.8, 4) is 11.5 Å². The first kappa shape index (κ1) is 24.0. The molecule has 0 fully saturated rings. The summed E-state index contributed by atoms with van der Waals surface area (Å²) in [5.41, 5.74) is 1.44. The van der Waals surface area contributed by atoms with Gasteiger partial charge in [-0.2, -0.15) is 0 Å². The van der Waals surface area contributed by atoms with Gasteiger partial charge in [0, 0.05) is 25.0 Å². The van der Waals surface area contributed by atoms with E-state index < -0.39 is 0 Å². The van der Waals surface area contributed by atoms with Gasteiger partial charge in [0.15, 0.2) is 0 Å². The van der Waals surface area contributed by atoms with Crippen molar-refractivity contribution in [3.63, 3.8) is 0 Å². The minimum absolute atomic E-state index is 0.219. The second-order valence-electron chi connectivity index (χ2n) is 8.36. The molecular formula is C23H22N2O4S4. The fraction of sp³-hybridized carbons (Fsp3) is 0.304. The maximum absolute atomic E-state index is 12.3. The summed E-state index contributed by atoms with van der Waals surface area (Å²) in [5.74, 6) is 0.381. The molecule has 4 aromatic rings. The predicted octanol–water partition coefficient (Wildman–Crippen LogP) is 6.58. The lowest BCUT2D eigenvalue weighted by Gasteiger charge is -2.23. The lowest BCUT2D eigenvalue weighted by atomic mass is 9.83. The minimum Gasteiger partial charge on any atom is -0.426 e. The van der Waals surface area contributed by atoms with E-state index in [1.54, 1.807) is 24.3 Å². The van der Waals surface area contributed by atoms with Gasteiger partial charge in [0.1, 0.15) is 20.2 Å². The summed E-state index contributed by atoms with van der Waals surface area (Å²) in [6.07, 6.45) is 1.71. The van der Waals surface area contributed by atoms with Gasteiger partial charge in [-0.15, -0.1) is 47.9 Å². The number of nitrogens with zero attached hydrogens (tertiary/aromatic N) is 2. The minimum atomic E-state index is -0.304. The number of thiazole rings is 2. The molecule has 0 aliphatic rings. The molecule has 0 aliphatic heterocycles. The zero-order chi connectivity index (χ0) is 23.6. The number of aromatic nitrogens is 2. The summed E-state index contributed by atoms with van der Waals surface area (Å²) in [7, 11) is 0. The molecule has 0 radical (unpaired) electrons. The number of hydrogen-bond donors (Lipinski definition) is 2. The summed E-state index contributed by atoms with van der Waals surface area (Å²) in [6, 6.07) is 10.7. The van der Waals surface area contributed by atoms with E-state index in [1.807, 2.05) is 26.0 Å². The number of ether oxygens (including phenoxy) is 2. The number of carbonyl (C=O) groups excluding carboxylic acids is 2. The highest BCUT2D eigenvalue weighted by molar-refractivity contribution is 7.83. The van der Waals surface area contributed by atoms with Gasteiger partial charge in [0.05, 0.1) is 20.4 Å². The van der Waals surface area contributed by atoms with Crippen LogP contribution in [0.15, 0.2) is 45.1 Å². The van der Waals surface area contributed by atoms with Crippen LogP contribution in [0.1, 0.15) is 39.5 Å². The molecule has 0 unspecified atom stereocenters. The smallest absolute Gasteiger partial charge is 0.311 e. The van der Waals surface area contributed by atoms with E-state index in [0.29, 0.717) is 33.0 Å². The Hall–Kier alpha value is -2.14. The van der Waals surface area contributed by atoms with E-state index in [-0.39, 0.29) is 30.2 Å². The molecule has 0 spiro atoms. The molecule has 0 saturated carbocycles. The van der Waals surface area contributed by atoms with E-state index in [4.69, 9.17) is 9.47 Å². The molecule has 2 aromatic carbocycles. The van der Waals surface area contributed by atoms with Gasteiger partial charge < -0.3 is 9.47 Å². The number of carbonyl (C=O) groups is 2. The third kappa shape index (κ3) is 6.47. The second kappa shape index (κ2) is 10.0. The molecule has 0 atom stereocenters. The van der Waals surface area contributed by atoms with Crippen LogP contribution >= 0.6 is 47.9 Å². The Morgan fingerprint density at radius 3 is 1.67 bits per heavy atom. The van der Waals surface area contributed by atoms with E-state index in [0.717, 1.165) is 20.4 Å². The number of fused-ring (bicyclic) bond motifs is 2. The summed E-state index contributed by atoms with van der Waals surface area (Å²) in [6.45, 7) is 4.06. The topological polar surface area (TPSA) is 78.4 Å². The van der Waals surface area contributed by atoms with Crippen LogP contribution in [0.25, 0.3) is 20.4 Å². The van der Waals surface area contributed by atoms with Crippen LogP contribution < -0.4 is 9.47 Å². The van der Waals surface area contributed by atoms with Crippen molar-refractivity contribution >= 4 is 80.3 Å². The van der Waals surface area contributed by atoms with Crippen molar-refractivity contribution in [1.29, 1.82) is 0 Å². The molecule has 2 heterocycles. The largest absolute Gasteiger partial charge is 0.426 e. The van der Waals surface area contributed by atoms with E-state index in [2.05, 4.69) is 35.2 Å². The number of benzene rings is 2. The third-order valence-electron chi connectivity index (χ3n) is 5.17. The zero-order valence-electron chi connectivity index (χ0n) is 18.0. The zero-order valence-corrected chi connectivity index (χ0v) is 21.5. The molecule has 0 saturated heterocycles. The standard InChI is InChI=1S/C23H22N2O4S4/c1-23(2,9-7-19(26)28-13-3-5-15-17(11-13)32-21(30)24-15)10-8-20(27)29-14-4-6-16-18(12-14)33-22(31)25-16/h3-6,11-12H,7-10H2,1-2H3,(H,24,30)(H,25,31). The van der Waals surface area contributed by atoms with Crippen molar-refractivity contribution < 1.29 is 19.1 Å². The van der Waals surface area contributed by atoms with Crippen LogP contribution in [0.5, 0.6) is 11.5 Å². The molecule has 4 rings (SSSR count). The molecule has 33 heavy (non-hydrogen) atoms. The number of esters is 2. The lowest BCUT2D eigenvalue weighted by Crippen LogP contribution is -2.19. The van der Waals surface area contributed by atoms with Crippen molar-refractivity contribution in [2.24, 2.45) is 5.41 Å². The quantitative estimate of drug-likeness (QED) is 0.156. The van der Waals surface area contributed by atoms with Gasteiger partial charge in [-0.3, -0.25) is 9.59 Å². The van der Waals surface area contributed by atoms with E-state index in [1.165, 1.54) is 22.7 Å². The molecule has 0 bridgehead atoms. The Morgan fingerprint density at radius 2 is 1.24 bits per heavy atom. The first-order valence-corrected chi connectivity index (χ1v) is 12.8. The van der Waals surface area contributed by atoms with E-state index >= 15 is 0 Å². The molecule has 0 aliphatic carbocycles. The second-order valence-corrected chi connectivity index (χ2v) is 11.9. The number of rotatable bonds is 8. The molecule has 6 nitrogen and oxygen atoms in total. The predicted molar refractivity (Wildman–Crippen MR) is 137 cm³/mol. The van der Waals surface area contributed by atoms with Gasteiger partial charge in [-0.25, -0.2) is 9.97 Å². The van der Waals surface area contributed by atoms with Crippen LogP contribution in [0.2, 0.25) is 0 Å². The molecule has 0 amide bonds. The number of thiol groups is 2. The average Bonchev–Trinajstić information content (AvgIpc) is 3.30. The molecule has 10 heteroatoms. The Balaban J connectivity index is 1.24. The van der Waals surface area contributed by atoms with Crippen LogP contribution in [-0.4, -0.2) is 21.9 Å². The van der Waals surface area contributed by atoms with E-state index in [9.17, 15) is 9.59 Å². The van der Waals surface area contributed by atoms with Gasteiger partial charge in [-0.05, 0) is 42.5 Å². The Bertz CT molecular complexity index is 1230. The van der Waals surface area contributed by atoms with Crippen LogP contribution in [0, 0.1) is 5.41 Å². The summed E-state index contributed by atoms with van der Waals surface area (Å²) in [5, 5.41) is 0. The number of hydrogen-bond acceptors (Lipinski definition) is 10. The maximum atomic E-state index is 12.3. The Kier molecular flexibility index (Phi) is 7.28. The highest BCUT2D eigenvalue weighted by Crippen LogP contribution is 2.32. The van der Waals surface area contributed by atoms with Crippen molar-refractivity contribution in [1.82, 2.24) is 9.97 Å².